The zero-order chi connectivity index (χ0) is 10.1. The SMILES string of the molecule is CC(=O)Cc1ccc2c(cnn2C)c1. The molecule has 1 heterocycles. The van der Waals surface area contributed by atoms with Crippen LogP contribution in [0.25, 0.3) is 10.9 Å². The summed E-state index contributed by atoms with van der Waals surface area (Å²) in [5.41, 5.74) is 2.15. The molecule has 3 heteroatoms. The minimum atomic E-state index is 0.188. The van der Waals surface area contributed by atoms with Gasteiger partial charge in [0.25, 0.3) is 0 Å². The fourth-order valence-corrected chi connectivity index (χ4v) is 1.61. The van der Waals surface area contributed by atoms with Crippen molar-refractivity contribution in [2.24, 2.45) is 7.05 Å². The van der Waals surface area contributed by atoms with Crippen LogP contribution in [0.1, 0.15) is 12.5 Å². The first-order valence-corrected chi connectivity index (χ1v) is 4.57. The van der Waals surface area contributed by atoms with Crippen molar-refractivity contribution < 1.29 is 4.79 Å². The second kappa shape index (κ2) is 3.25. The Morgan fingerprint density at radius 1 is 1.50 bits per heavy atom. The number of fused-ring (bicyclic) bond motifs is 1. The number of hydrogen-bond acceptors (Lipinski definition) is 2. The van der Waals surface area contributed by atoms with Gasteiger partial charge < -0.3 is 0 Å². The number of carbonyl (C=O) groups excluding carboxylic acids is 1. The zero-order valence-electron chi connectivity index (χ0n) is 8.32. The van der Waals surface area contributed by atoms with Crippen LogP contribution < -0.4 is 0 Å². The van der Waals surface area contributed by atoms with Gasteiger partial charge in [-0.25, -0.2) is 0 Å². The van der Waals surface area contributed by atoms with E-state index in [1.807, 2.05) is 36.1 Å². The predicted octanol–water partition coefficient (Wildman–Crippen LogP) is 1.70. The molecule has 0 saturated carbocycles. The second-order valence-corrected chi connectivity index (χ2v) is 3.54. The highest BCUT2D eigenvalue weighted by Crippen LogP contribution is 2.15. The van der Waals surface area contributed by atoms with Crippen LogP contribution in [0.5, 0.6) is 0 Å². The highest BCUT2D eigenvalue weighted by molar-refractivity contribution is 5.83. The Labute approximate surface area is 82.3 Å². The molecule has 14 heavy (non-hydrogen) atoms. The molecule has 2 rings (SSSR count). The third-order valence-electron chi connectivity index (χ3n) is 2.26. The van der Waals surface area contributed by atoms with E-state index in [-0.39, 0.29) is 5.78 Å². The molecule has 0 aliphatic rings. The summed E-state index contributed by atoms with van der Waals surface area (Å²) in [6.45, 7) is 1.60. The van der Waals surface area contributed by atoms with E-state index in [9.17, 15) is 4.79 Å². The molecule has 2 aromatic rings. The summed E-state index contributed by atoms with van der Waals surface area (Å²) in [6.07, 6.45) is 2.32. The van der Waals surface area contributed by atoms with Gasteiger partial charge in [0.15, 0.2) is 0 Å². The van der Waals surface area contributed by atoms with Crippen LogP contribution in [0, 0.1) is 0 Å². The van der Waals surface area contributed by atoms with Crippen molar-refractivity contribution in [3.8, 4) is 0 Å². The Morgan fingerprint density at radius 3 is 3.00 bits per heavy atom. The van der Waals surface area contributed by atoms with E-state index in [2.05, 4.69) is 5.10 Å². The molecule has 3 nitrogen and oxygen atoms in total. The van der Waals surface area contributed by atoms with Crippen molar-refractivity contribution >= 4 is 16.7 Å². The van der Waals surface area contributed by atoms with Crippen LogP contribution in [0.3, 0.4) is 0 Å². The smallest absolute Gasteiger partial charge is 0.134 e. The molecule has 72 valence electrons. The van der Waals surface area contributed by atoms with Crippen LogP contribution >= 0.6 is 0 Å². The van der Waals surface area contributed by atoms with Crippen molar-refractivity contribution in [2.45, 2.75) is 13.3 Å². The average Bonchev–Trinajstić information content (AvgIpc) is 2.46. The maximum Gasteiger partial charge on any atom is 0.134 e. The molecule has 0 fully saturated rings. The van der Waals surface area contributed by atoms with Crippen LogP contribution in [-0.4, -0.2) is 15.6 Å². The molecule has 0 bridgehead atoms. The van der Waals surface area contributed by atoms with Gasteiger partial charge in [0.2, 0.25) is 0 Å². The molecule has 0 amide bonds. The lowest BCUT2D eigenvalue weighted by Crippen LogP contribution is -1.96. The van der Waals surface area contributed by atoms with Gasteiger partial charge in [0, 0.05) is 18.9 Å². The minimum Gasteiger partial charge on any atom is -0.300 e. The van der Waals surface area contributed by atoms with E-state index in [0.717, 1.165) is 16.5 Å². The Balaban J connectivity index is 2.46. The summed E-state index contributed by atoms with van der Waals surface area (Å²) in [5.74, 6) is 0.188. The Hall–Kier alpha value is -1.64. The van der Waals surface area contributed by atoms with Gasteiger partial charge in [-0.1, -0.05) is 6.07 Å². The standard InChI is InChI=1S/C11H12N2O/c1-8(14)5-9-3-4-11-10(6-9)7-12-13(11)2/h3-4,6-7H,5H2,1-2H3. The molecule has 0 spiro atoms. The first-order chi connectivity index (χ1) is 6.66. The Bertz CT molecular complexity index is 485. The second-order valence-electron chi connectivity index (χ2n) is 3.54. The monoisotopic (exact) mass is 188 g/mol. The lowest BCUT2D eigenvalue weighted by Gasteiger charge is -1.98. The molecular weight excluding hydrogens is 176 g/mol. The molecule has 0 unspecified atom stereocenters. The first-order valence-electron chi connectivity index (χ1n) is 4.57. The summed E-state index contributed by atoms with van der Waals surface area (Å²) >= 11 is 0. The molecule has 0 N–H and O–H groups in total. The van der Waals surface area contributed by atoms with Crippen LogP contribution in [0.2, 0.25) is 0 Å². The van der Waals surface area contributed by atoms with Crippen molar-refractivity contribution in [3.05, 3.63) is 30.0 Å². The van der Waals surface area contributed by atoms with Gasteiger partial charge in [0.05, 0.1) is 11.7 Å². The molecule has 0 aliphatic carbocycles. The van der Waals surface area contributed by atoms with Gasteiger partial charge in [0.1, 0.15) is 5.78 Å². The number of hydrogen-bond donors (Lipinski definition) is 0. The maximum absolute atomic E-state index is 10.9. The fourth-order valence-electron chi connectivity index (χ4n) is 1.61. The summed E-state index contributed by atoms with van der Waals surface area (Å²) in [5, 5.41) is 5.24. The summed E-state index contributed by atoms with van der Waals surface area (Å²) in [4.78, 5) is 10.9. The molecule has 0 atom stereocenters. The summed E-state index contributed by atoms with van der Waals surface area (Å²) < 4.78 is 1.83. The highest BCUT2D eigenvalue weighted by atomic mass is 16.1. The van der Waals surface area contributed by atoms with Crippen molar-refractivity contribution in [3.63, 3.8) is 0 Å². The van der Waals surface area contributed by atoms with Crippen molar-refractivity contribution in [2.75, 3.05) is 0 Å². The minimum absolute atomic E-state index is 0.188. The number of ketones is 1. The number of Topliss-reactive ketones (excluding diaryl/α,β-unsaturated/α-hetero) is 1. The maximum atomic E-state index is 10.9. The van der Waals surface area contributed by atoms with E-state index in [1.54, 1.807) is 6.92 Å². The van der Waals surface area contributed by atoms with Gasteiger partial charge in [-0.3, -0.25) is 9.48 Å². The van der Waals surface area contributed by atoms with E-state index in [0.29, 0.717) is 6.42 Å². The Morgan fingerprint density at radius 2 is 2.29 bits per heavy atom. The topological polar surface area (TPSA) is 34.9 Å². The summed E-state index contributed by atoms with van der Waals surface area (Å²) in [7, 11) is 1.91. The van der Waals surface area contributed by atoms with E-state index in [1.165, 1.54) is 0 Å². The van der Waals surface area contributed by atoms with E-state index in [4.69, 9.17) is 0 Å². The third kappa shape index (κ3) is 1.53. The van der Waals surface area contributed by atoms with Crippen molar-refractivity contribution in [1.29, 1.82) is 0 Å². The lowest BCUT2D eigenvalue weighted by atomic mass is 10.1. The molecule has 0 saturated heterocycles. The molecule has 1 aromatic heterocycles. The number of aromatic nitrogens is 2. The highest BCUT2D eigenvalue weighted by Gasteiger charge is 2.02. The van der Waals surface area contributed by atoms with Crippen molar-refractivity contribution in [1.82, 2.24) is 9.78 Å². The van der Waals surface area contributed by atoms with Gasteiger partial charge in [-0.15, -0.1) is 0 Å². The molecule has 1 aromatic carbocycles. The van der Waals surface area contributed by atoms with E-state index < -0.39 is 0 Å². The van der Waals surface area contributed by atoms with E-state index >= 15 is 0 Å². The molecule has 0 radical (unpaired) electrons. The Kier molecular flexibility index (Phi) is 2.08. The number of aryl methyl sites for hydroxylation is 1. The fraction of sp³-hybridized carbons (Fsp3) is 0.273. The predicted molar refractivity (Wildman–Crippen MR) is 55.1 cm³/mol. The quantitative estimate of drug-likeness (QED) is 0.719. The van der Waals surface area contributed by atoms with Gasteiger partial charge in [-0.2, -0.15) is 5.10 Å². The first kappa shape index (κ1) is 8.94. The number of benzene rings is 1. The number of rotatable bonds is 2. The van der Waals surface area contributed by atoms with Crippen LogP contribution in [0.4, 0.5) is 0 Å². The van der Waals surface area contributed by atoms with Gasteiger partial charge in [-0.05, 0) is 24.6 Å². The van der Waals surface area contributed by atoms with Crippen LogP contribution in [0.15, 0.2) is 24.4 Å². The van der Waals surface area contributed by atoms with Crippen LogP contribution in [-0.2, 0) is 18.3 Å². The third-order valence-corrected chi connectivity index (χ3v) is 2.26. The largest absolute Gasteiger partial charge is 0.300 e. The number of carbonyl (C=O) groups is 1. The molecule has 0 aliphatic heterocycles. The summed E-state index contributed by atoms with van der Waals surface area (Å²) in [6, 6.07) is 6.00. The lowest BCUT2D eigenvalue weighted by molar-refractivity contribution is -0.116. The number of nitrogens with zero attached hydrogens (tertiary/aromatic N) is 2. The molecular formula is C11H12N2O. The zero-order valence-corrected chi connectivity index (χ0v) is 8.32. The average molecular weight is 188 g/mol. The normalized spacial score (nSPS) is 10.7. The van der Waals surface area contributed by atoms with Gasteiger partial charge >= 0.3 is 0 Å².